The fraction of sp³-hybridized carbons (Fsp3) is 0.111. The number of H-pyrrole nitrogens is 1. The fourth-order valence-electron chi connectivity index (χ4n) is 1.23. The van der Waals surface area contributed by atoms with Crippen molar-refractivity contribution in [3.05, 3.63) is 24.4 Å². The molecule has 0 aliphatic heterocycles. The Balaban J connectivity index is 0.00000112. The van der Waals surface area contributed by atoms with E-state index in [-0.39, 0.29) is 24.9 Å². The van der Waals surface area contributed by atoms with Crippen LogP contribution in [-0.2, 0) is 4.79 Å². The zero-order valence-electron chi connectivity index (χ0n) is 7.86. The summed E-state index contributed by atoms with van der Waals surface area (Å²) in [4.78, 5) is 11.0. The van der Waals surface area contributed by atoms with Crippen LogP contribution in [0.4, 0.5) is 5.69 Å². The minimum atomic E-state index is -0.205. The molecule has 0 atom stereocenters. The second-order valence-electron chi connectivity index (χ2n) is 2.92. The Morgan fingerprint density at radius 2 is 2.33 bits per heavy atom. The maximum atomic E-state index is 11.0. The first-order chi connectivity index (χ1) is 6.79. The molecule has 0 unspecified atom stereocenters. The van der Waals surface area contributed by atoms with Crippen molar-refractivity contribution < 1.29 is 4.79 Å². The van der Waals surface area contributed by atoms with Gasteiger partial charge >= 0.3 is 0 Å². The van der Waals surface area contributed by atoms with E-state index < -0.39 is 0 Å². The molecule has 1 heterocycles. The number of anilines is 1. The van der Waals surface area contributed by atoms with Crippen LogP contribution in [-0.4, -0.2) is 22.6 Å². The molecule has 80 valence electrons. The Bertz CT molecular complexity index is 468. The van der Waals surface area contributed by atoms with Gasteiger partial charge in [-0.05, 0) is 18.2 Å². The maximum Gasteiger partial charge on any atom is 0.238 e. The number of amides is 1. The molecule has 1 aromatic heterocycles. The Morgan fingerprint density at radius 1 is 1.53 bits per heavy atom. The number of halogens is 1. The van der Waals surface area contributed by atoms with Crippen LogP contribution in [0.2, 0.25) is 0 Å². The van der Waals surface area contributed by atoms with Gasteiger partial charge in [0, 0.05) is 11.1 Å². The van der Waals surface area contributed by atoms with Crippen LogP contribution in [0.1, 0.15) is 0 Å². The van der Waals surface area contributed by atoms with Crippen LogP contribution in [0.5, 0.6) is 0 Å². The Labute approximate surface area is 92.4 Å². The highest BCUT2D eigenvalue weighted by molar-refractivity contribution is 5.94. The normalized spacial score (nSPS) is 9.67. The van der Waals surface area contributed by atoms with E-state index in [1.807, 2.05) is 18.2 Å². The summed E-state index contributed by atoms with van der Waals surface area (Å²) in [6.07, 6.45) is 1.73. The number of aromatic nitrogens is 2. The van der Waals surface area contributed by atoms with Crippen LogP contribution in [0.25, 0.3) is 10.9 Å². The summed E-state index contributed by atoms with van der Waals surface area (Å²) in [5.41, 5.74) is 6.79. The number of aromatic amines is 1. The molecule has 0 fully saturated rings. The SMILES string of the molecule is Cl.NCC(=O)Nc1ccc2cn[nH]c2c1. The number of nitrogens with zero attached hydrogens (tertiary/aromatic N) is 1. The number of carbonyl (C=O) groups excluding carboxylic acids is 1. The van der Waals surface area contributed by atoms with Gasteiger partial charge < -0.3 is 11.1 Å². The van der Waals surface area contributed by atoms with Crippen molar-refractivity contribution in [3.63, 3.8) is 0 Å². The van der Waals surface area contributed by atoms with Gasteiger partial charge in [-0.1, -0.05) is 0 Å². The number of rotatable bonds is 2. The van der Waals surface area contributed by atoms with E-state index in [2.05, 4.69) is 15.5 Å². The highest BCUT2D eigenvalue weighted by Gasteiger charge is 2.00. The van der Waals surface area contributed by atoms with Crippen LogP contribution in [0.3, 0.4) is 0 Å². The van der Waals surface area contributed by atoms with Gasteiger partial charge in [0.15, 0.2) is 0 Å². The molecule has 15 heavy (non-hydrogen) atoms. The quantitative estimate of drug-likeness (QED) is 0.711. The number of nitrogens with one attached hydrogen (secondary N) is 2. The predicted octanol–water partition coefficient (Wildman–Crippen LogP) is 0.882. The topological polar surface area (TPSA) is 83.8 Å². The molecule has 6 heteroatoms. The predicted molar refractivity (Wildman–Crippen MR) is 61.0 cm³/mol. The molecule has 1 aromatic carbocycles. The number of hydrogen-bond donors (Lipinski definition) is 3. The third-order valence-corrected chi connectivity index (χ3v) is 1.91. The lowest BCUT2D eigenvalue weighted by Gasteiger charge is -2.02. The van der Waals surface area contributed by atoms with E-state index in [1.54, 1.807) is 6.20 Å². The Kier molecular flexibility index (Phi) is 3.65. The van der Waals surface area contributed by atoms with Gasteiger partial charge in [-0.2, -0.15) is 5.10 Å². The van der Waals surface area contributed by atoms with Crippen molar-refractivity contribution in [2.45, 2.75) is 0 Å². The van der Waals surface area contributed by atoms with E-state index in [0.717, 1.165) is 16.6 Å². The average Bonchev–Trinajstić information content (AvgIpc) is 2.64. The molecule has 0 spiro atoms. The molecular formula is C9H11ClN4O. The van der Waals surface area contributed by atoms with Crippen LogP contribution in [0.15, 0.2) is 24.4 Å². The van der Waals surface area contributed by atoms with E-state index in [9.17, 15) is 4.79 Å². The summed E-state index contributed by atoms with van der Waals surface area (Å²) in [6.45, 7) is -0.0129. The third-order valence-electron chi connectivity index (χ3n) is 1.91. The first-order valence-electron chi connectivity index (χ1n) is 4.22. The summed E-state index contributed by atoms with van der Waals surface area (Å²) < 4.78 is 0. The first kappa shape index (κ1) is 11.5. The van der Waals surface area contributed by atoms with Gasteiger partial charge in [-0.3, -0.25) is 9.89 Å². The van der Waals surface area contributed by atoms with Crippen molar-refractivity contribution in [1.82, 2.24) is 10.2 Å². The van der Waals surface area contributed by atoms with Crippen molar-refractivity contribution in [3.8, 4) is 0 Å². The number of hydrogen-bond acceptors (Lipinski definition) is 3. The van der Waals surface area contributed by atoms with Gasteiger partial charge in [-0.15, -0.1) is 12.4 Å². The summed E-state index contributed by atoms with van der Waals surface area (Å²) in [6, 6.07) is 5.51. The van der Waals surface area contributed by atoms with Gasteiger partial charge in [0.05, 0.1) is 18.3 Å². The number of nitrogens with two attached hydrogens (primary N) is 1. The van der Waals surface area contributed by atoms with Gasteiger partial charge in [0.2, 0.25) is 5.91 Å². The molecule has 0 bridgehead atoms. The van der Waals surface area contributed by atoms with Gasteiger partial charge in [0.25, 0.3) is 0 Å². The average molecular weight is 227 g/mol. The first-order valence-corrected chi connectivity index (χ1v) is 4.22. The van der Waals surface area contributed by atoms with Gasteiger partial charge in [-0.25, -0.2) is 0 Å². The summed E-state index contributed by atoms with van der Waals surface area (Å²) >= 11 is 0. The monoisotopic (exact) mass is 226 g/mol. The molecular weight excluding hydrogens is 216 g/mol. The Hall–Kier alpha value is -1.59. The summed E-state index contributed by atoms with van der Waals surface area (Å²) in [5.74, 6) is -0.205. The van der Waals surface area contributed by atoms with Crippen LogP contribution < -0.4 is 11.1 Å². The van der Waals surface area contributed by atoms with E-state index >= 15 is 0 Å². The van der Waals surface area contributed by atoms with E-state index in [4.69, 9.17) is 5.73 Å². The standard InChI is InChI=1S/C9H10N4O.ClH/c10-4-9(14)12-7-2-1-6-5-11-13-8(6)3-7;/h1-3,5H,4,10H2,(H,11,13)(H,12,14);1H. The summed E-state index contributed by atoms with van der Waals surface area (Å²) in [5, 5.41) is 10.4. The number of benzene rings is 1. The van der Waals surface area contributed by atoms with Gasteiger partial charge in [0.1, 0.15) is 0 Å². The molecule has 0 aliphatic carbocycles. The maximum absolute atomic E-state index is 11.0. The molecule has 0 aliphatic rings. The molecule has 0 saturated carbocycles. The number of fused-ring (bicyclic) bond motifs is 1. The second-order valence-corrected chi connectivity index (χ2v) is 2.92. The lowest BCUT2D eigenvalue weighted by molar-refractivity contribution is -0.114. The molecule has 0 saturated heterocycles. The van der Waals surface area contributed by atoms with Crippen molar-refractivity contribution in [2.75, 3.05) is 11.9 Å². The zero-order valence-corrected chi connectivity index (χ0v) is 8.67. The van der Waals surface area contributed by atoms with Crippen molar-refractivity contribution >= 4 is 34.9 Å². The lowest BCUT2D eigenvalue weighted by atomic mass is 10.2. The fourth-order valence-corrected chi connectivity index (χ4v) is 1.23. The van der Waals surface area contributed by atoms with Crippen molar-refractivity contribution in [2.24, 2.45) is 5.73 Å². The molecule has 2 rings (SSSR count). The van der Waals surface area contributed by atoms with Crippen molar-refractivity contribution in [1.29, 1.82) is 0 Å². The smallest absolute Gasteiger partial charge is 0.238 e. The third kappa shape index (κ3) is 2.45. The molecule has 5 nitrogen and oxygen atoms in total. The summed E-state index contributed by atoms with van der Waals surface area (Å²) in [7, 11) is 0. The van der Waals surface area contributed by atoms with E-state index in [1.165, 1.54) is 0 Å². The zero-order chi connectivity index (χ0) is 9.97. The highest BCUT2D eigenvalue weighted by atomic mass is 35.5. The molecule has 1 amide bonds. The minimum Gasteiger partial charge on any atom is -0.325 e. The second kappa shape index (κ2) is 4.77. The Morgan fingerprint density at radius 3 is 3.07 bits per heavy atom. The highest BCUT2D eigenvalue weighted by Crippen LogP contribution is 2.16. The minimum absolute atomic E-state index is 0. The number of carbonyl (C=O) groups is 1. The molecule has 0 radical (unpaired) electrons. The molecule has 4 N–H and O–H groups in total. The molecule has 2 aromatic rings. The van der Waals surface area contributed by atoms with Crippen LogP contribution in [0, 0.1) is 0 Å². The largest absolute Gasteiger partial charge is 0.325 e. The van der Waals surface area contributed by atoms with Crippen LogP contribution >= 0.6 is 12.4 Å². The lowest BCUT2D eigenvalue weighted by Crippen LogP contribution is -2.21. The van der Waals surface area contributed by atoms with E-state index in [0.29, 0.717) is 0 Å².